The third-order valence-electron chi connectivity index (χ3n) is 2.68. The molecule has 20 heavy (non-hydrogen) atoms. The number of hydrogen-bond donors (Lipinski definition) is 1. The maximum atomic E-state index is 11.9. The van der Waals surface area contributed by atoms with Crippen molar-refractivity contribution < 1.29 is 12.8 Å². The van der Waals surface area contributed by atoms with Gasteiger partial charge < -0.3 is 4.42 Å². The van der Waals surface area contributed by atoms with Gasteiger partial charge in [0.15, 0.2) is 5.76 Å². The summed E-state index contributed by atoms with van der Waals surface area (Å²) in [6, 6.07) is 7.19. The highest BCUT2D eigenvalue weighted by Gasteiger charge is 2.15. The average molecular weight is 294 g/mol. The maximum absolute atomic E-state index is 11.9. The molecule has 0 aromatic carbocycles. The molecule has 2 aromatic heterocycles. The van der Waals surface area contributed by atoms with E-state index < -0.39 is 10.0 Å². The second-order valence-electron chi connectivity index (χ2n) is 4.98. The van der Waals surface area contributed by atoms with Crippen LogP contribution in [0.25, 0.3) is 11.5 Å². The van der Waals surface area contributed by atoms with Crippen LogP contribution in [0.15, 0.2) is 41.1 Å². The minimum atomic E-state index is -3.27. The lowest BCUT2D eigenvalue weighted by atomic mass is 10.1. The van der Waals surface area contributed by atoms with Crippen LogP contribution in [-0.4, -0.2) is 19.2 Å². The summed E-state index contributed by atoms with van der Waals surface area (Å²) in [6.07, 6.45) is 3.22. The van der Waals surface area contributed by atoms with Gasteiger partial charge in [-0.1, -0.05) is 19.9 Å². The Hall–Kier alpha value is -1.66. The van der Waals surface area contributed by atoms with Crippen molar-refractivity contribution in [3.63, 3.8) is 0 Å². The van der Waals surface area contributed by atoms with E-state index in [4.69, 9.17) is 4.42 Å². The monoisotopic (exact) mass is 294 g/mol. The van der Waals surface area contributed by atoms with Crippen LogP contribution in [0.1, 0.15) is 19.4 Å². The summed E-state index contributed by atoms with van der Waals surface area (Å²) in [4.78, 5) is 4.25. The Morgan fingerprint density at radius 1 is 1.30 bits per heavy atom. The smallest absolute Gasteiger partial charge is 0.212 e. The summed E-state index contributed by atoms with van der Waals surface area (Å²) < 4.78 is 31.6. The van der Waals surface area contributed by atoms with E-state index in [1.165, 1.54) is 0 Å². The molecule has 0 saturated heterocycles. The third-order valence-corrected chi connectivity index (χ3v) is 4.37. The van der Waals surface area contributed by atoms with Crippen molar-refractivity contribution in [2.45, 2.75) is 20.4 Å². The van der Waals surface area contributed by atoms with Gasteiger partial charge >= 0.3 is 0 Å². The average Bonchev–Trinajstić information content (AvgIpc) is 2.89. The summed E-state index contributed by atoms with van der Waals surface area (Å²) in [6.45, 7) is 3.95. The molecule has 1 N–H and O–H groups in total. The Labute approximate surface area is 119 Å². The maximum Gasteiger partial charge on any atom is 0.212 e. The van der Waals surface area contributed by atoms with Crippen molar-refractivity contribution in [2.24, 2.45) is 5.92 Å². The van der Waals surface area contributed by atoms with E-state index in [0.29, 0.717) is 11.5 Å². The fourth-order valence-corrected chi connectivity index (χ4v) is 3.27. The van der Waals surface area contributed by atoms with E-state index in [1.54, 1.807) is 30.7 Å². The van der Waals surface area contributed by atoms with Crippen molar-refractivity contribution in [1.82, 2.24) is 9.71 Å². The van der Waals surface area contributed by atoms with Gasteiger partial charge in [-0.2, -0.15) is 0 Å². The SMILES string of the molecule is CC(C)CS(=O)(=O)NCc1cccnc1-c1ccco1. The Kier molecular flexibility index (Phi) is 4.57. The molecule has 2 heterocycles. The van der Waals surface area contributed by atoms with Gasteiger partial charge in [0.25, 0.3) is 0 Å². The quantitative estimate of drug-likeness (QED) is 0.888. The highest BCUT2D eigenvalue weighted by Crippen LogP contribution is 2.21. The molecule has 0 unspecified atom stereocenters. The first-order valence-corrected chi connectivity index (χ1v) is 8.08. The van der Waals surface area contributed by atoms with Gasteiger partial charge in [-0.25, -0.2) is 13.1 Å². The molecule has 0 radical (unpaired) electrons. The van der Waals surface area contributed by atoms with E-state index in [9.17, 15) is 8.42 Å². The van der Waals surface area contributed by atoms with Gasteiger partial charge in [-0.05, 0) is 29.7 Å². The third kappa shape index (κ3) is 3.91. The van der Waals surface area contributed by atoms with Crippen molar-refractivity contribution in [1.29, 1.82) is 0 Å². The Balaban J connectivity index is 2.15. The van der Waals surface area contributed by atoms with Gasteiger partial charge in [-0.3, -0.25) is 4.98 Å². The molecule has 5 nitrogen and oxygen atoms in total. The van der Waals surface area contributed by atoms with Crippen LogP contribution < -0.4 is 4.72 Å². The summed E-state index contributed by atoms with van der Waals surface area (Å²) in [7, 11) is -3.27. The van der Waals surface area contributed by atoms with Crippen molar-refractivity contribution >= 4 is 10.0 Å². The standard InChI is InChI=1S/C14H18N2O3S/c1-11(2)10-20(17,18)16-9-12-5-3-7-15-14(12)13-6-4-8-19-13/h3-8,11,16H,9-10H2,1-2H3. The van der Waals surface area contributed by atoms with Gasteiger partial charge in [0.1, 0.15) is 5.69 Å². The van der Waals surface area contributed by atoms with E-state index >= 15 is 0 Å². The van der Waals surface area contributed by atoms with Gasteiger partial charge in [-0.15, -0.1) is 0 Å². The van der Waals surface area contributed by atoms with Crippen LogP contribution >= 0.6 is 0 Å². The number of nitrogens with zero attached hydrogens (tertiary/aromatic N) is 1. The molecule has 0 aliphatic heterocycles. The molecule has 0 aliphatic carbocycles. The second kappa shape index (κ2) is 6.19. The molecule has 0 saturated carbocycles. The van der Waals surface area contributed by atoms with Gasteiger partial charge in [0, 0.05) is 12.7 Å². The highest BCUT2D eigenvalue weighted by molar-refractivity contribution is 7.89. The topological polar surface area (TPSA) is 72.2 Å². The van der Waals surface area contributed by atoms with Crippen molar-refractivity contribution in [3.05, 3.63) is 42.3 Å². The minimum Gasteiger partial charge on any atom is -0.463 e. The summed E-state index contributed by atoms with van der Waals surface area (Å²) >= 11 is 0. The zero-order valence-corrected chi connectivity index (χ0v) is 12.4. The first-order valence-electron chi connectivity index (χ1n) is 6.43. The summed E-state index contributed by atoms with van der Waals surface area (Å²) in [5.74, 6) is 0.832. The lowest BCUT2D eigenvalue weighted by molar-refractivity contribution is 0.566. The van der Waals surface area contributed by atoms with Crippen LogP contribution in [0.2, 0.25) is 0 Å². The van der Waals surface area contributed by atoms with Gasteiger partial charge in [0.05, 0.1) is 12.0 Å². The largest absolute Gasteiger partial charge is 0.463 e. The highest BCUT2D eigenvalue weighted by atomic mass is 32.2. The molecule has 0 atom stereocenters. The van der Waals surface area contributed by atoms with Crippen LogP contribution in [-0.2, 0) is 16.6 Å². The Morgan fingerprint density at radius 2 is 2.10 bits per heavy atom. The molecule has 0 spiro atoms. The number of sulfonamides is 1. The van der Waals surface area contributed by atoms with Crippen LogP contribution in [0.3, 0.4) is 0 Å². The van der Waals surface area contributed by atoms with Crippen LogP contribution in [0.4, 0.5) is 0 Å². The van der Waals surface area contributed by atoms with Crippen LogP contribution in [0.5, 0.6) is 0 Å². The fraction of sp³-hybridized carbons (Fsp3) is 0.357. The van der Waals surface area contributed by atoms with Crippen molar-refractivity contribution in [3.8, 4) is 11.5 Å². The molecular weight excluding hydrogens is 276 g/mol. The number of aromatic nitrogens is 1. The van der Waals surface area contributed by atoms with Gasteiger partial charge in [0.2, 0.25) is 10.0 Å². The first kappa shape index (κ1) is 14.7. The predicted molar refractivity (Wildman–Crippen MR) is 77.4 cm³/mol. The molecule has 0 aliphatic rings. The molecule has 0 fully saturated rings. The van der Waals surface area contributed by atoms with E-state index in [1.807, 2.05) is 19.9 Å². The second-order valence-corrected chi connectivity index (χ2v) is 6.84. The number of hydrogen-bond acceptors (Lipinski definition) is 4. The van der Waals surface area contributed by atoms with Crippen LogP contribution in [0, 0.1) is 5.92 Å². The lowest BCUT2D eigenvalue weighted by Crippen LogP contribution is -2.28. The Morgan fingerprint density at radius 3 is 2.75 bits per heavy atom. The Bertz CT molecular complexity index is 649. The van der Waals surface area contributed by atoms with E-state index in [-0.39, 0.29) is 18.2 Å². The number of nitrogens with one attached hydrogen (secondary N) is 1. The fourth-order valence-electron chi connectivity index (χ4n) is 1.90. The number of furan rings is 1. The molecule has 2 aromatic rings. The minimum absolute atomic E-state index is 0.0888. The normalized spacial score (nSPS) is 11.9. The summed E-state index contributed by atoms with van der Waals surface area (Å²) in [5, 5.41) is 0. The molecule has 6 heteroatoms. The van der Waals surface area contributed by atoms with Crippen molar-refractivity contribution in [2.75, 3.05) is 5.75 Å². The van der Waals surface area contributed by atoms with E-state index in [2.05, 4.69) is 9.71 Å². The number of pyridine rings is 1. The molecule has 0 bridgehead atoms. The zero-order valence-electron chi connectivity index (χ0n) is 11.5. The predicted octanol–water partition coefficient (Wildman–Crippen LogP) is 2.42. The molecule has 0 amide bonds. The first-order chi connectivity index (χ1) is 9.48. The molecular formula is C14H18N2O3S. The number of rotatable bonds is 6. The molecule has 2 rings (SSSR count). The summed E-state index contributed by atoms with van der Waals surface area (Å²) in [5.41, 5.74) is 1.44. The lowest BCUT2D eigenvalue weighted by Gasteiger charge is -2.10. The molecule has 108 valence electrons. The zero-order chi connectivity index (χ0) is 14.6. The van der Waals surface area contributed by atoms with E-state index in [0.717, 1.165) is 5.56 Å².